The molecule has 1 saturated heterocycles. The second-order valence-corrected chi connectivity index (χ2v) is 6.16. The van der Waals surface area contributed by atoms with Gasteiger partial charge in [-0.25, -0.2) is 4.98 Å². The molecule has 0 amide bonds. The number of aromatic nitrogens is 1. The molecule has 2 rings (SSSR count). The lowest BCUT2D eigenvalue weighted by Crippen LogP contribution is -2.13. The van der Waals surface area contributed by atoms with Crippen molar-refractivity contribution in [3.05, 3.63) is 11.1 Å². The molecule has 0 spiro atoms. The minimum absolute atomic E-state index is 0.155. The van der Waals surface area contributed by atoms with Gasteiger partial charge in [-0.15, -0.1) is 11.3 Å². The van der Waals surface area contributed by atoms with Gasteiger partial charge in [0.15, 0.2) is 5.13 Å². The molecular weight excluding hydrogens is 256 g/mol. The van der Waals surface area contributed by atoms with Crippen LogP contribution in [0.3, 0.4) is 0 Å². The van der Waals surface area contributed by atoms with E-state index in [9.17, 15) is 4.79 Å². The summed E-state index contributed by atoms with van der Waals surface area (Å²) in [6, 6.07) is 0. The van der Waals surface area contributed by atoms with Crippen LogP contribution in [0.25, 0.3) is 0 Å². The summed E-state index contributed by atoms with van der Waals surface area (Å²) < 4.78 is 0. The Hall–Kier alpha value is -0.750. The van der Waals surface area contributed by atoms with Crippen molar-refractivity contribution in [1.29, 1.82) is 0 Å². The lowest BCUT2D eigenvalue weighted by Gasteiger charge is -2.07. The fraction of sp³-hybridized carbons (Fsp3) is 0.636. The summed E-state index contributed by atoms with van der Waals surface area (Å²) in [7, 11) is 0. The smallest absolute Gasteiger partial charge is 0.303 e. The fourth-order valence-corrected chi connectivity index (χ4v) is 3.75. The van der Waals surface area contributed by atoms with Crippen molar-refractivity contribution in [1.82, 2.24) is 4.98 Å². The lowest BCUT2D eigenvalue weighted by atomic mass is 10.1. The van der Waals surface area contributed by atoms with Gasteiger partial charge in [-0.05, 0) is 23.8 Å². The Balaban J connectivity index is 1.75. The number of thiazole rings is 1. The van der Waals surface area contributed by atoms with Gasteiger partial charge in [0.2, 0.25) is 0 Å². The summed E-state index contributed by atoms with van der Waals surface area (Å²) in [4.78, 5) is 14.8. The minimum Gasteiger partial charge on any atom is -0.481 e. The molecule has 0 aromatic carbocycles. The average molecular weight is 272 g/mol. The number of rotatable bonds is 6. The van der Waals surface area contributed by atoms with Crippen LogP contribution in [-0.4, -0.2) is 34.1 Å². The van der Waals surface area contributed by atoms with E-state index in [2.05, 4.69) is 10.3 Å². The zero-order chi connectivity index (χ0) is 12.1. The molecule has 6 heteroatoms. The van der Waals surface area contributed by atoms with E-state index in [0.29, 0.717) is 6.42 Å². The van der Waals surface area contributed by atoms with E-state index in [1.165, 1.54) is 17.9 Å². The molecule has 2 heterocycles. The molecule has 0 bridgehead atoms. The van der Waals surface area contributed by atoms with Gasteiger partial charge in [-0.2, -0.15) is 11.8 Å². The second kappa shape index (κ2) is 6.26. The molecule has 0 aliphatic carbocycles. The number of aryl methyl sites for hydroxylation is 1. The molecule has 1 aliphatic heterocycles. The third kappa shape index (κ3) is 4.20. The molecular formula is C11H16N2O2S2. The van der Waals surface area contributed by atoms with Crippen molar-refractivity contribution in [3.63, 3.8) is 0 Å². The van der Waals surface area contributed by atoms with E-state index in [4.69, 9.17) is 5.11 Å². The summed E-state index contributed by atoms with van der Waals surface area (Å²) in [5, 5.41) is 14.8. The number of aliphatic carboxylic acids is 1. The highest BCUT2D eigenvalue weighted by molar-refractivity contribution is 7.99. The number of hydrogen-bond acceptors (Lipinski definition) is 5. The molecule has 1 aliphatic rings. The van der Waals surface area contributed by atoms with Crippen molar-refractivity contribution in [2.45, 2.75) is 19.3 Å². The number of carboxylic acid groups (broad SMARTS) is 1. The molecule has 0 radical (unpaired) electrons. The number of nitrogens with zero attached hydrogens (tertiary/aromatic N) is 1. The first kappa shape index (κ1) is 12.7. The van der Waals surface area contributed by atoms with Crippen LogP contribution in [0.2, 0.25) is 0 Å². The van der Waals surface area contributed by atoms with E-state index < -0.39 is 5.97 Å². The molecule has 1 aromatic heterocycles. The Morgan fingerprint density at radius 3 is 3.24 bits per heavy atom. The quantitative estimate of drug-likeness (QED) is 0.832. The topological polar surface area (TPSA) is 62.2 Å². The number of anilines is 1. The number of nitrogens with one attached hydrogen (secondary N) is 1. The number of carboxylic acids is 1. The molecule has 1 atom stereocenters. The number of carbonyl (C=O) groups is 1. The third-order valence-electron chi connectivity index (χ3n) is 2.71. The van der Waals surface area contributed by atoms with Crippen LogP contribution in [0.1, 0.15) is 18.5 Å². The summed E-state index contributed by atoms with van der Waals surface area (Å²) in [6.07, 6.45) is 1.96. The molecule has 1 unspecified atom stereocenters. The zero-order valence-electron chi connectivity index (χ0n) is 9.52. The average Bonchev–Trinajstić information content (AvgIpc) is 2.95. The molecule has 0 saturated carbocycles. The van der Waals surface area contributed by atoms with Crippen LogP contribution in [0.5, 0.6) is 0 Å². The number of hydrogen-bond donors (Lipinski definition) is 2. The fourth-order valence-electron chi connectivity index (χ4n) is 1.71. The highest BCUT2D eigenvalue weighted by Crippen LogP contribution is 2.24. The predicted octanol–water partition coefficient (Wildman–Crippen LogP) is 2.33. The second-order valence-electron chi connectivity index (χ2n) is 4.15. The Morgan fingerprint density at radius 1 is 1.65 bits per heavy atom. The van der Waals surface area contributed by atoms with Gasteiger partial charge in [0.1, 0.15) is 0 Å². The van der Waals surface area contributed by atoms with Gasteiger partial charge < -0.3 is 10.4 Å². The Labute approximate surface area is 109 Å². The van der Waals surface area contributed by atoms with Gasteiger partial charge in [-0.3, -0.25) is 4.79 Å². The van der Waals surface area contributed by atoms with Gasteiger partial charge in [0.25, 0.3) is 0 Å². The Kier molecular flexibility index (Phi) is 4.67. The molecule has 1 fully saturated rings. The highest BCUT2D eigenvalue weighted by atomic mass is 32.2. The van der Waals surface area contributed by atoms with Gasteiger partial charge >= 0.3 is 5.97 Å². The van der Waals surface area contributed by atoms with Crippen LogP contribution in [0, 0.1) is 5.92 Å². The lowest BCUT2D eigenvalue weighted by molar-refractivity contribution is -0.136. The van der Waals surface area contributed by atoms with E-state index in [-0.39, 0.29) is 6.42 Å². The van der Waals surface area contributed by atoms with Crippen LogP contribution >= 0.6 is 23.1 Å². The van der Waals surface area contributed by atoms with Crippen LogP contribution in [0.4, 0.5) is 5.13 Å². The van der Waals surface area contributed by atoms with Crippen molar-refractivity contribution in [2.24, 2.45) is 5.92 Å². The Bertz CT molecular complexity index is 375. The SMILES string of the molecule is O=C(O)CCc1csc(NCC2CCSC2)n1. The van der Waals surface area contributed by atoms with E-state index in [1.54, 1.807) is 11.3 Å². The highest BCUT2D eigenvalue weighted by Gasteiger charge is 2.15. The third-order valence-corrected chi connectivity index (χ3v) is 4.79. The zero-order valence-corrected chi connectivity index (χ0v) is 11.1. The maximum Gasteiger partial charge on any atom is 0.303 e. The summed E-state index contributed by atoms with van der Waals surface area (Å²) >= 11 is 3.57. The van der Waals surface area contributed by atoms with Gasteiger partial charge in [0, 0.05) is 18.3 Å². The standard InChI is InChI=1S/C11H16N2O2S2/c14-10(15)2-1-9-7-17-11(13-9)12-5-8-3-4-16-6-8/h7-8H,1-6H2,(H,12,13)(H,14,15). The van der Waals surface area contributed by atoms with Crippen molar-refractivity contribution < 1.29 is 9.90 Å². The van der Waals surface area contributed by atoms with E-state index >= 15 is 0 Å². The molecule has 1 aromatic rings. The summed E-state index contributed by atoms with van der Waals surface area (Å²) in [6.45, 7) is 0.985. The van der Waals surface area contributed by atoms with Crippen molar-refractivity contribution in [2.75, 3.05) is 23.4 Å². The van der Waals surface area contributed by atoms with Gasteiger partial charge in [0.05, 0.1) is 12.1 Å². The van der Waals surface area contributed by atoms with E-state index in [0.717, 1.165) is 23.3 Å². The molecule has 4 nitrogen and oxygen atoms in total. The summed E-state index contributed by atoms with van der Waals surface area (Å²) in [5.41, 5.74) is 0.876. The van der Waals surface area contributed by atoms with Crippen molar-refractivity contribution >= 4 is 34.2 Å². The van der Waals surface area contributed by atoms with Crippen LogP contribution in [-0.2, 0) is 11.2 Å². The van der Waals surface area contributed by atoms with Crippen LogP contribution in [0.15, 0.2) is 5.38 Å². The summed E-state index contributed by atoms with van der Waals surface area (Å²) in [5.74, 6) is 2.50. The molecule has 2 N–H and O–H groups in total. The predicted molar refractivity (Wildman–Crippen MR) is 72.0 cm³/mol. The maximum absolute atomic E-state index is 10.4. The minimum atomic E-state index is -0.768. The first-order valence-corrected chi connectivity index (χ1v) is 7.75. The monoisotopic (exact) mass is 272 g/mol. The molecule has 17 heavy (non-hydrogen) atoms. The normalized spacial score (nSPS) is 19.4. The van der Waals surface area contributed by atoms with Crippen molar-refractivity contribution in [3.8, 4) is 0 Å². The maximum atomic E-state index is 10.4. The Morgan fingerprint density at radius 2 is 2.53 bits per heavy atom. The van der Waals surface area contributed by atoms with Gasteiger partial charge in [-0.1, -0.05) is 0 Å². The number of thioether (sulfide) groups is 1. The first-order chi connectivity index (χ1) is 8.24. The first-order valence-electron chi connectivity index (χ1n) is 5.72. The molecule has 94 valence electrons. The van der Waals surface area contributed by atoms with Crippen LogP contribution < -0.4 is 5.32 Å². The largest absolute Gasteiger partial charge is 0.481 e. The van der Waals surface area contributed by atoms with E-state index in [1.807, 2.05) is 17.1 Å².